The lowest BCUT2D eigenvalue weighted by atomic mass is 9.83. The van der Waals surface area contributed by atoms with Crippen molar-refractivity contribution in [3.8, 4) is 5.75 Å². The van der Waals surface area contributed by atoms with Crippen LogP contribution < -0.4 is 0 Å². The maximum atomic E-state index is 9.41. The van der Waals surface area contributed by atoms with Gasteiger partial charge in [-0.15, -0.1) is 0 Å². The van der Waals surface area contributed by atoms with Crippen LogP contribution in [0.25, 0.3) is 0 Å². The standard InChI is InChI=1S/C16H20N2O/c1-12-3-2-4-16(17-12)13-5-7-14(8-6-13)18-10-9-15(19)11-18/h2-4,9-11,13-14,19H,5-8H2,1H3. The van der Waals surface area contributed by atoms with E-state index in [1.807, 2.05) is 12.4 Å². The Morgan fingerprint density at radius 3 is 2.58 bits per heavy atom. The van der Waals surface area contributed by atoms with E-state index in [4.69, 9.17) is 0 Å². The molecule has 2 aromatic rings. The molecule has 3 nitrogen and oxygen atoms in total. The molecule has 1 aliphatic rings. The van der Waals surface area contributed by atoms with Gasteiger partial charge in [0.2, 0.25) is 0 Å². The third-order valence-corrected chi connectivity index (χ3v) is 4.15. The molecule has 2 heterocycles. The van der Waals surface area contributed by atoms with Gasteiger partial charge in [-0.2, -0.15) is 0 Å². The Balaban J connectivity index is 1.66. The number of pyridine rings is 1. The van der Waals surface area contributed by atoms with Gasteiger partial charge in [0.1, 0.15) is 5.75 Å². The van der Waals surface area contributed by atoms with E-state index in [0.717, 1.165) is 18.5 Å². The predicted octanol–water partition coefficient (Wildman–Crippen LogP) is 3.80. The lowest BCUT2D eigenvalue weighted by molar-refractivity contribution is 0.319. The van der Waals surface area contributed by atoms with Crippen LogP contribution in [0.15, 0.2) is 36.7 Å². The highest BCUT2D eigenvalue weighted by atomic mass is 16.3. The van der Waals surface area contributed by atoms with Crippen LogP contribution in [0.4, 0.5) is 0 Å². The number of rotatable bonds is 2. The highest BCUT2D eigenvalue weighted by Gasteiger charge is 2.24. The topological polar surface area (TPSA) is 38.0 Å². The van der Waals surface area contributed by atoms with Crippen LogP contribution in [0, 0.1) is 6.92 Å². The van der Waals surface area contributed by atoms with Crippen molar-refractivity contribution >= 4 is 0 Å². The Hall–Kier alpha value is -1.77. The van der Waals surface area contributed by atoms with Crippen LogP contribution in [-0.2, 0) is 0 Å². The Bertz CT molecular complexity index is 553. The number of hydrogen-bond donors (Lipinski definition) is 1. The fourth-order valence-corrected chi connectivity index (χ4v) is 3.09. The van der Waals surface area contributed by atoms with Gasteiger partial charge in [0.05, 0.1) is 0 Å². The van der Waals surface area contributed by atoms with Crippen molar-refractivity contribution in [2.24, 2.45) is 0 Å². The van der Waals surface area contributed by atoms with Gasteiger partial charge in [0.15, 0.2) is 0 Å². The van der Waals surface area contributed by atoms with Gasteiger partial charge in [0, 0.05) is 35.7 Å². The first kappa shape index (κ1) is 12.3. The maximum Gasteiger partial charge on any atom is 0.133 e. The summed E-state index contributed by atoms with van der Waals surface area (Å²) in [4.78, 5) is 4.65. The summed E-state index contributed by atoms with van der Waals surface area (Å²) < 4.78 is 2.15. The van der Waals surface area contributed by atoms with E-state index in [1.165, 1.54) is 18.5 Å². The molecule has 2 aromatic heterocycles. The lowest BCUT2D eigenvalue weighted by Gasteiger charge is -2.29. The van der Waals surface area contributed by atoms with Crippen molar-refractivity contribution in [3.05, 3.63) is 48.0 Å². The van der Waals surface area contributed by atoms with Crippen LogP contribution in [0.1, 0.15) is 49.0 Å². The van der Waals surface area contributed by atoms with E-state index in [0.29, 0.717) is 17.7 Å². The van der Waals surface area contributed by atoms with Crippen LogP contribution in [0.2, 0.25) is 0 Å². The summed E-state index contributed by atoms with van der Waals surface area (Å²) >= 11 is 0. The zero-order chi connectivity index (χ0) is 13.2. The van der Waals surface area contributed by atoms with Crippen molar-refractivity contribution in [1.82, 2.24) is 9.55 Å². The SMILES string of the molecule is Cc1cccc(C2CCC(n3ccc(O)c3)CC2)n1. The molecule has 1 aliphatic carbocycles. The van der Waals surface area contributed by atoms with Crippen LogP contribution in [0.3, 0.4) is 0 Å². The summed E-state index contributed by atoms with van der Waals surface area (Å²) in [6.07, 6.45) is 8.49. The molecule has 3 rings (SSSR count). The molecule has 0 saturated heterocycles. The minimum absolute atomic E-state index is 0.363. The van der Waals surface area contributed by atoms with Crippen molar-refractivity contribution in [1.29, 1.82) is 0 Å². The molecule has 1 saturated carbocycles. The fraction of sp³-hybridized carbons (Fsp3) is 0.438. The molecule has 0 radical (unpaired) electrons. The van der Waals surface area contributed by atoms with E-state index in [1.54, 1.807) is 6.07 Å². The van der Waals surface area contributed by atoms with Gasteiger partial charge in [-0.3, -0.25) is 4.98 Å². The molecule has 0 atom stereocenters. The molecule has 0 bridgehead atoms. The first-order valence-electron chi connectivity index (χ1n) is 7.02. The maximum absolute atomic E-state index is 9.41. The second-order valence-corrected chi connectivity index (χ2v) is 5.53. The third kappa shape index (κ3) is 2.65. The Kier molecular flexibility index (Phi) is 3.28. The minimum Gasteiger partial charge on any atom is -0.506 e. The zero-order valence-electron chi connectivity index (χ0n) is 11.3. The molecule has 0 amide bonds. The number of aromatic hydroxyl groups is 1. The molecule has 0 unspecified atom stereocenters. The first-order chi connectivity index (χ1) is 9.22. The first-order valence-corrected chi connectivity index (χ1v) is 7.02. The van der Waals surface area contributed by atoms with Gasteiger partial charge in [-0.05, 0) is 50.8 Å². The quantitative estimate of drug-likeness (QED) is 0.887. The normalized spacial score (nSPS) is 23.4. The Morgan fingerprint density at radius 2 is 1.95 bits per heavy atom. The predicted molar refractivity (Wildman–Crippen MR) is 75.3 cm³/mol. The Morgan fingerprint density at radius 1 is 1.16 bits per heavy atom. The highest BCUT2D eigenvalue weighted by molar-refractivity contribution is 5.17. The molecule has 0 aromatic carbocycles. The average Bonchev–Trinajstić information content (AvgIpc) is 2.86. The fourth-order valence-electron chi connectivity index (χ4n) is 3.09. The third-order valence-electron chi connectivity index (χ3n) is 4.15. The molecule has 100 valence electrons. The summed E-state index contributed by atoms with van der Waals surface area (Å²) in [5.74, 6) is 0.961. The molecule has 0 spiro atoms. The molecule has 0 aliphatic heterocycles. The number of nitrogens with zero attached hydrogens (tertiary/aromatic N) is 2. The van der Waals surface area contributed by atoms with Crippen LogP contribution >= 0.6 is 0 Å². The molecule has 1 fully saturated rings. The minimum atomic E-state index is 0.363. The zero-order valence-corrected chi connectivity index (χ0v) is 11.3. The summed E-state index contributed by atoms with van der Waals surface area (Å²) in [5.41, 5.74) is 2.35. The summed E-state index contributed by atoms with van der Waals surface area (Å²) in [7, 11) is 0. The molecule has 3 heteroatoms. The smallest absolute Gasteiger partial charge is 0.133 e. The lowest BCUT2D eigenvalue weighted by Crippen LogP contribution is -2.17. The van der Waals surface area contributed by atoms with Crippen LogP contribution in [0.5, 0.6) is 5.75 Å². The van der Waals surface area contributed by atoms with Gasteiger partial charge < -0.3 is 9.67 Å². The van der Waals surface area contributed by atoms with Gasteiger partial charge >= 0.3 is 0 Å². The summed E-state index contributed by atoms with van der Waals surface area (Å²) in [6.45, 7) is 2.05. The molecular weight excluding hydrogens is 236 g/mol. The largest absolute Gasteiger partial charge is 0.506 e. The van der Waals surface area contributed by atoms with E-state index in [2.05, 4.69) is 34.7 Å². The highest BCUT2D eigenvalue weighted by Crippen LogP contribution is 2.37. The van der Waals surface area contributed by atoms with Crippen molar-refractivity contribution in [2.45, 2.75) is 44.6 Å². The molecule has 19 heavy (non-hydrogen) atoms. The second-order valence-electron chi connectivity index (χ2n) is 5.53. The molecular formula is C16H20N2O. The van der Waals surface area contributed by atoms with Gasteiger partial charge in [-0.25, -0.2) is 0 Å². The van der Waals surface area contributed by atoms with Crippen molar-refractivity contribution < 1.29 is 5.11 Å². The molecule has 1 N–H and O–H groups in total. The van der Waals surface area contributed by atoms with Crippen molar-refractivity contribution in [2.75, 3.05) is 0 Å². The van der Waals surface area contributed by atoms with Crippen molar-refractivity contribution in [3.63, 3.8) is 0 Å². The van der Waals surface area contributed by atoms with E-state index in [9.17, 15) is 5.11 Å². The number of hydrogen-bond acceptors (Lipinski definition) is 2. The van der Waals surface area contributed by atoms with Gasteiger partial charge in [0.25, 0.3) is 0 Å². The summed E-state index contributed by atoms with van der Waals surface area (Å²) in [6, 6.07) is 8.60. The Labute approximate surface area is 113 Å². The summed E-state index contributed by atoms with van der Waals surface area (Å²) in [5, 5.41) is 9.41. The number of aromatic nitrogens is 2. The number of aryl methyl sites for hydroxylation is 1. The van der Waals surface area contributed by atoms with E-state index in [-0.39, 0.29) is 0 Å². The van der Waals surface area contributed by atoms with Crippen LogP contribution in [-0.4, -0.2) is 14.7 Å². The monoisotopic (exact) mass is 256 g/mol. The van der Waals surface area contributed by atoms with E-state index < -0.39 is 0 Å². The average molecular weight is 256 g/mol. The van der Waals surface area contributed by atoms with Gasteiger partial charge in [-0.1, -0.05) is 6.07 Å². The van der Waals surface area contributed by atoms with E-state index >= 15 is 0 Å². The second kappa shape index (κ2) is 5.08.